The molecule has 16 heavy (non-hydrogen) atoms. The summed E-state index contributed by atoms with van der Waals surface area (Å²) in [7, 11) is 0. The SMILES string of the molecule is CC(C)NC(=O)C(CN)Cc1ccccc1. The molecular weight excluding hydrogens is 200 g/mol. The van der Waals surface area contributed by atoms with Crippen LogP contribution in [0, 0.1) is 5.92 Å². The number of benzene rings is 1. The normalized spacial score (nSPS) is 12.5. The quantitative estimate of drug-likeness (QED) is 0.786. The Morgan fingerprint density at radius 2 is 1.94 bits per heavy atom. The zero-order valence-corrected chi connectivity index (χ0v) is 9.94. The van der Waals surface area contributed by atoms with E-state index in [0.717, 1.165) is 5.56 Å². The van der Waals surface area contributed by atoms with Crippen molar-refractivity contribution < 1.29 is 4.79 Å². The minimum atomic E-state index is -0.134. The van der Waals surface area contributed by atoms with Gasteiger partial charge in [0, 0.05) is 12.6 Å². The van der Waals surface area contributed by atoms with Crippen LogP contribution in [-0.4, -0.2) is 18.5 Å². The third-order valence-electron chi connectivity index (χ3n) is 2.41. The summed E-state index contributed by atoms with van der Waals surface area (Å²) in [6, 6.07) is 10.1. The Bertz CT molecular complexity index is 322. The lowest BCUT2D eigenvalue weighted by atomic mass is 9.98. The highest BCUT2D eigenvalue weighted by molar-refractivity contribution is 5.79. The van der Waals surface area contributed by atoms with Crippen molar-refractivity contribution >= 4 is 5.91 Å². The molecule has 3 N–H and O–H groups in total. The topological polar surface area (TPSA) is 55.1 Å². The van der Waals surface area contributed by atoms with Crippen molar-refractivity contribution in [3.8, 4) is 0 Å². The van der Waals surface area contributed by atoms with Gasteiger partial charge in [-0.25, -0.2) is 0 Å². The van der Waals surface area contributed by atoms with Gasteiger partial charge in [0.2, 0.25) is 5.91 Å². The second-order valence-corrected chi connectivity index (χ2v) is 4.29. The molecule has 3 nitrogen and oxygen atoms in total. The van der Waals surface area contributed by atoms with Crippen LogP contribution >= 0.6 is 0 Å². The predicted molar refractivity (Wildman–Crippen MR) is 66.0 cm³/mol. The zero-order chi connectivity index (χ0) is 12.0. The van der Waals surface area contributed by atoms with Gasteiger partial charge in [0.25, 0.3) is 0 Å². The van der Waals surface area contributed by atoms with E-state index < -0.39 is 0 Å². The summed E-state index contributed by atoms with van der Waals surface area (Å²) in [5.74, 6) is -0.0915. The van der Waals surface area contributed by atoms with E-state index in [9.17, 15) is 4.79 Å². The zero-order valence-electron chi connectivity index (χ0n) is 9.94. The molecule has 0 aromatic heterocycles. The molecule has 0 bridgehead atoms. The monoisotopic (exact) mass is 220 g/mol. The fourth-order valence-electron chi connectivity index (χ4n) is 1.58. The number of carbonyl (C=O) groups is 1. The summed E-state index contributed by atoms with van der Waals surface area (Å²) >= 11 is 0. The summed E-state index contributed by atoms with van der Waals surface area (Å²) in [6.07, 6.45) is 0.704. The first-order valence-electron chi connectivity index (χ1n) is 5.68. The molecule has 1 atom stereocenters. The minimum absolute atomic E-state index is 0.0429. The molecule has 3 heteroatoms. The molecule has 1 aromatic rings. The van der Waals surface area contributed by atoms with Gasteiger partial charge >= 0.3 is 0 Å². The lowest BCUT2D eigenvalue weighted by Crippen LogP contribution is -2.39. The maximum absolute atomic E-state index is 11.8. The van der Waals surface area contributed by atoms with E-state index in [0.29, 0.717) is 13.0 Å². The molecule has 0 heterocycles. The molecule has 0 saturated heterocycles. The molecule has 0 aliphatic carbocycles. The lowest BCUT2D eigenvalue weighted by Gasteiger charge is -2.16. The van der Waals surface area contributed by atoms with E-state index in [1.54, 1.807) is 0 Å². The number of hydrogen-bond donors (Lipinski definition) is 2. The number of amides is 1. The Labute approximate surface area is 97.0 Å². The van der Waals surface area contributed by atoms with Crippen molar-refractivity contribution in [2.75, 3.05) is 6.54 Å². The van der Waals surface area contributed by atoms with Gasteiger partial charge in [-0.2, -0.15) is 0 Å². The summed E-state index contributed by atoms with van der Waals surface area (Å²) in [5.41, 5.74) is 6.79. The summed E-state index contributed by atoms with van der Waals surface area (Å²) < 4.78 is 0. The highest BCUT2D eigenvalue weighted by Gasteiger charge is 2.17. The van der Waals surface area contributed by atoms with Gasteiger partial charge in [0.1, 0.15) is 0 Å². The Morgan fingerprint density at radius 1 is 1.31 bits per heavy atom. The van der Waals surface area contributed by atoms with Gasteiger partial charge < -0.3 is 11.1 Å². The van der Waals surface area contributed by atoms with Gasteiger partial charge in [-0.1, -0.05) is 30.3 Å². The maximum atomic E-state index is 11.8. The van der Waals surface area contributed by atoms with Crippen LogP contribution in [0.5, 0.6) is 0 Å². The van der Waals surface area contributed by atoms with Crippen LogP contribution in [0.4, 0.5) is 0 Å². The first-order valence-corrected chi connectivity index (χ1v) is 5.68. The molecule has 0 fully saturated rings. The largest absolute Gasteiger partial charge is 0.354 e. The van der Waals surface area contributed by atoms with E-state index in [1.165, 1.54) is 0 Å². The Balaban J connectivity index is 2.58. The highest BCUT2D eigenvalue weighted by atomic mass is 16.1. The van der Waals surface area contributed by atoms with Crippen molar-refractivity contribution in [3.63, 3.8) is 0 Å². The van der Waals surface area contributed by atoms with Crippen molar-refractivity contribution in [1.82, 2.24) is 5.32 Å². The predicted octanol–water partition coefficient (Wildman–Crippen LogP) is 1.33. The van der Waals surface area contributed by atoms with Gasteiger partial charge in [-0.3, -0.25) is 4.79 Å². The number of carbonyl (C=O) groups excluding carboxylic acids is 1. The molecule has 0 spiro atoms. The standard InChI is InChI=1S/C13H20N2O/c1-10(2)15-13(16)12(9-14)8-11-6-4-3-5-7-11/h3-7,10,12H,8-9,14H2,1-2H3,(H,15,16). The van der Waals surface area contributed by atoms with Crippen LogP contribution in [0.25, 0.3) is 0 Å². The Kier molecular flexibility index (Phi) is 4.99. The van der Waals surface area contributed by atoms with Crippen LogP contribution in [0.15, 0.2) is 30.3 Å². The fourth-order valence-corrected chi connectivity index (χ4v) is 1.58. The third kappa shape index (κ3) is 4.03. The summed E-state index contributed by atoms with van der Waals surface area (Å²) in [6.45, 7) is 4.29. The second-order valence-electron chi connectivity index (χ2n) is 4.29. The van der Waals surface area contributed by atoms with Crippen LogP contribution in [0.2, 0.25) is 0 Å². The number of nitrogens with two attached hydrogens (primary N) is 1. The average molecular weight is 220 g/mol. The lowest BCUT2D eigenvalue weighted by molar-refractivity contribution is -0.125. The molecule has 0 aliphatic rings. The first-order chi connectivity index (χ1) is 7.63. The van der Waals surface area contributed by atoms with Crippen LogP contribution in [0.3, 0.4) is 0 Å². The Morgan fingerprint density at radius 3 is 2.44 bits per heavy atom. The molecule has 1 amide bonds. The van der Waals surface area contributed by atoms with Crippen molar-refractivity contribution in [1.29, 1.82) is 0 Å². The molecular formula is C13H20N2O. The van der Waals surface area contributed by atoms with Gasteiger partial charge in [0.15, 0.2) is 0 Å². The van der Waals surface area contributed by atoms with Gasteiger partial charge in [0.05, 0.1) is 5.92 Å². The number of rotatable bonds is 5. The van der Waals surface area contributed by atoms with Crippen LogP contribution in [0.1, 0.15) is 19.4 Å². The minimum Gasteiger partial charge on any atom is -0.354 e. The molecule has 1 unspecified atom stereocenters. The highest BCUT2D eigenvalue weighted by Crippen LogP contribution is 2.08. The number of nitrogens with one attached hydrogen (secondary N) is 1. The fraction of sp³-hybridized carbons (Fsp3) is 0.462. The molecule has 0 aliphatic heterocycles. The molecule has 88 valence electrons. The summed E-state index contributed by atoms with van der Waals surface area (Å²) in [4.78, 5) is 11.8. The van der Waals surface area contributed by atoms with Crippen molar-refractivity contribution in [2.45, 2.75) is 26.3 Å². The van der Waals surface area contributed by atoms with Gasteiger partial charge in [-0.05, 0) is 25.8 Å². The van der Waals surface area contributed by atoms with E-state index in [-0.39, 0.29) is 17.9 Å². The summed E-state index contributed by atoms with van der Waals surface area (Å²) in [5, 5.41) is 2.90. The Hall–Kier alpha value is -1.35. The maximum Gasteiger partial charge on any atom is 0.224 e. The van der Waals surface area contributed by atoms with E-state index in [1.807, 2.05) is 44.2 Å². The van der Waals surface area contributed by atoms with E-state index in [4.69, 9.17) is 5.73 Å². The third-order valence-corrected chi connectivity index (χ3v) is 2.41. The van der Waals surface area contributed by atoms with E-state index >= 15 is 0 Å². The second kappa shape index (κ2) is 6.28. The van der Waals surface area contributed by atoms with E-state index in [2.05, 4.69) is 5.32 Å². The van der Waals surface area contributed by atoms with Gasteiger partial charge in [-0.15, -0.1) is 0 Å². The van der Waals surface area contributed by atoms with Crippen LogP contribution in [-0.2, 0) is 11.2 Å². The molecule has 0 radical (unpaired) electrons. The first kappa shape index (κ1) is 12.7. The molecule has 1 rings (SSSR count). The average Bonchev–Trinajstić information content (AvgIpc) is 2.26. The number of hydrogen-bond acceptors (Lipinski definition) is 2. The van der Waals surface area contributed by atoms with Crippen molar-refractivity contribution in [3.05, 3.63) is 35.9 Å². The van der Waals surface area contributed by atoms with Crippen LogP contribution < -0.4 is 11.1 Å². The van der Waals surface area contributed by atoms with Crippen molar-refractivity contribution in [2.24, 2.45) is 11.7 Å². The molecule has 0 saturated carbocycles. The smallest absolute Gasteiger partial charge is 0.224 e. The molecule has 1 aromatic carbocycles.